The first-order chi connectivity index (χ1) is 6.27. The zero-order valence-electron chi connectivity index (χ0n) is 8.10. The average Bonchev–Trinajstić information content (AvgIpc) is 2.52. The highest BCUT2D eigenvalue weighted by molar-refractivity contribution is 4.96. The molecule has 74 valence electrons. The van der Waals surface area contributed by atoms with Gasteiger partial charge in [0.2, 0.25) is 0 Å². The average molecular weight is 184 g/mol. The molecule has 0 aliphatic carbocycles. The molecule has 0 aliphatic heterocycles. The van der Waals surface area contributed by atoms with Crippen LogP contribution in [0.2, 0.25) is 0 Å². The molecule has 4 heteroatoms. The van der Waals surface area contributed by atoms with Crippen LogP contribution >= 0.6 is 0 Å². The van der Waals surface area contributed by atoms with Gasteiger partial charge in [0.1, 0.15) is 0 Å². The minimum absolute atomic E-state index is 0.0266. The normalized spacial score (nSPS) is 13.2. The maximum absolute atomic E-state index is 8.95. The summed E-state index contributed by atoms with van der Waals surface area (Å²) in [5.41, 5.74) is 0.826. The van der Waals surface area contributed by atoms with Gasteiger partial charge in [-0.3, -0.25) is 0 Å². The van der Waals surface area contributed by atoms with E-state index in [-0.39, 0.29) is 12.7 Å². The van der Waals surface area contributed by atoms with Crippen LogP contribution in [0.5, 0.6) is 0 Å². The molecule has 0 saturated carbocycles. The molecule has 0 radical (unpaired) electrons. The van der Waals surface area contributed by atoms with Crippen molar-refractivity contribution in [2.45, 2.75) is 33.1 Å². The van der Waals surface area contributed by atoms with Crippen LogP contribution in [0.15, 0.2) is 12.5 Å². The van der Waals surface area contributed by atoms with Gasteiger partial charge in [-0.2, -0.15) is 0 Å². The van der Waals surface area contributed by atoms with Gasteiger partial charge in [0.25, 0.3) is 0 Å². The highest BCUT2D eigenvalue weighted by Crippen LogP contribution is 2.02. The number of aromatic nitrogens is 2. The number of hydrogen-bond acceptors (Lipinski definition) is 3. The molecule has 1 unspecified atom stereocenters. The van der Waals surface area contributed by atoms with E-state index in [0.29, 0.717) is 6.61 Å². The SMILES string of the molecule is CCOC(C)Cn1cncc1CO. The summed E-state index contributed by atoms with van der Waals surface area (Å²) < 4.78 is 7.29. The molecule has 0 aliphatic rings. The van der Waals surface area contributed by atoms with Crippen LogP contribution in [0, 0.1) is 0 Å². The van der Waals surface area contributed by atoms with Gasteiger partial charge in [-0.15, -0.1) is 0 Å². The lowest BCUT2D eigenvalue weighted by molar-refractivity contribution is 0.0627. The number of hydrogen-bond donors (Lipinski definition) is 1. The summed E-state index contributed by atoms with van der Waals surface area (Å²) in [5, 5.41) is 8.95. The highest BCUT2D eigenvalue weighted by Gasteiger charge is 2.05. The Bertz CT molecular complexity index is 248. The second kappa shape index (κ2) is 4.99. The number of rotatable bonds is 5. The first-order valence-electron chi connectivity index (χ1n) is 4.49. The maximum Gasteiger partial charge on any atom is 0.0949 e. The summed E-state index contributed by atoms with van der Waals surface area (Å²) in [6.45, 7) is 5.45. The molecular formula is C9H16N2O2. The Balaban J connectivity index is 2.52. The molecule has 0 fully saturated rings. The number of imidazole rings is 1. The molecule has 13 heavy (non-hydrogen) atoms. The van der Waals surface area contributed by atoms with Crippen molar-refractivity contribution >= 4 is 0 Å². The fourth-order valence-corrected chi connectivity index (χ4v) is 1.26. The first-order valence-corrected chi connectivity index (χ1v) is 4.49. The summed E-state index contributed by atoms with van der Waals surface area (Å²) >= 11 is 0. The monoisotopic (exact) mass is 184 g/mol. The topological polar surface area (TPSA) is 47.3 Å². The van der Waals surface area contributed by atoms with E-state index in [1.165, 1.54) is 0 Å². The fraction of sp³-hybridized carbons (Fsp3) is 0.667. The van der Waals surface area contributed by atoms with Gasteiger partial charge in [-0.05, 0) is 13.8 Å². The van der Waals surface area contributed by atoms with Gasteiger partial charge in [-0.1, -0.05) is 0 Å². The van der Waals surface area contributed by atoms with E-state index in [4.69, 9.17) is 9.84 Å². The van der Waals surface area contributed by atoms with E-state index in [2.05, 4.69) is 4.98 Å². The summed E-state index contributed by atoms with van der Waals surface area (Å²) in [6.07, 6.45) is 3.53. The third kappa shape index (κ3) is 2.82. The molecule has 1 aromatic rings. The summed E-state index contributed by atoms with van der Waals surface area (Å²) in [6, 6.07) is 0. The predicted octanol–water partition coefficient (Wildman–Crippen LogP) is 0.800. The molecule has 0 amide bonds. The minimum Gasteiger partial charge on any atom is -0.390 e. The smallest absolute Gasteiger partial charge is 0.0949 e. The summed E-state index contributed by atoms with van der Waals surface area (Å²) in [4.78, 5) is 3.95. The second-order valence-corrected chi connectivity index (χ2v) is 2.96. The van der Waals surface area contributed by atoms with Gasteiger partial charge in [0.05, 0.1) is 30.9 Å². The van der Waals surface area contributed by atoms with Crippen LogP contribution in [-0.4, -0.2) is 27.4 Å². The van der Waals surface area contributed by atoms with E-state index in [1.54, 1.807) is 12.5 Å². The Morgan fingerprint density at radius 2 is 2.46 bits per heavy atom. The van der Waals surface area contributed by atoms with E-state index in [9.17, 15) is 0 Å². The third-order valence-electron chi connectivity index (χ3n) is 1.87. The van der Waals surface area contributed by atoms with Crippen LogP contribution in [-0.2, 0) is 17.9 Å². The lowest BCUT2D eigenvalue weighted by atomic mass is 10.4. The lowest BCUT2D eigenvalue weighted by Gasteiger charge is -2.13. The van der Waals surface area contributed by atoms with Crippen LogP contribution in [0.25, 0.3) is 0 Å². The van der Waals surface area contributed by atoms with Crippen LogP contribution < -0.4 is 0 Å². The van der Waals surface area contributed by atoms with Crippen molar-refractivity contribution in [2.75, 3.05) is 6.61 Å². The van der Waals surface area contributed by atoms with Crippen molar-refractivity contribution in [3.8, 4) is 0 Å². The van der Waals surface area contributed by atoms with Crippen molar-refractivity contribution in [3.05, 3.63) is 18.2 Å². The Hall–Kier alpha value is -0.870. The molecule has 1 N–H and O–H groups in total. The van der Waals surface area contributed by atoms with Crippen molar-refractivity contribution in [1.29, 1.82) is 0 Å². The molecular weight excluding hydrogens is 168 g/mol. The van der Waals surface area contributed by atoms with Crippen molar-refractivity contribution in [2.24, 2.45) is 0 Å². The molecule has 1 atom stereocenters. The molecule has 1 rings (SSSR count). The first kappa shape index (κ1) is 10.2. The van der Waals surface area contributed by atoms with Gasteiger partial charge in [0, 0.05) is 13.2 Å². The molecule has 0 spiro atoms. The highest BCUT2D eigenvalue weighted by atomic mass is 16.5. The van der Waals surface area contributed by atoms with E-state index in [1.807, 2.05) is 18.4 Å². The van der Waals surface area contributed by atoms with E-state index in [0.717, 1.165) is 12.2 Å². The second-order valence-electron chi connectivity index (χ2n) is 2.96. The molecule has 4 nitrogen and oxygen atoms in total. The van der Waals surface area contributed by atoms with Crippen molar-refractivity contribution in [1.82, 2.24) is 9.55 Å². The Morgan fingerprint density at radius 1 is 1.69 bits per heavy atom. The van der Waals surface area contributed by atoms with Crippen molar-refractivity contribution in [3.63, 3.8) is 0 Å². The number of aliphatic hydroxyl groups is 1. The van der Waals surface area contributed by atoms with Crippen LogP contribution in [0.3, 0.4) is 0 Å². The lowest BCUT2D eigenvalue weighted by Crippen LogP contribution is -2.17. The Labute approximate surface area is 78.2 Å². The Kier molecular flexibility index (Phi) is 3.92. The third-order valence-corrected chi connectivity index (χ3v) is 1.87. The quantitative estimate of drug-likeness (QED) is 0.736. The zero-order valence-corrected chi connectivity index (χ0v) is 8.10. The van der Waals surface area contributed by atoms with Gasteiger partial charge in [0.15, 0.2) is 0 Å². The Morgan fingerprint density at radius 3 is 3.08 bits per heavy atom. The van der Waals surface area contributed by atoms with Gasteiger partial charge < -0.3 is 14.4 Å². The molecule has 0 aromatic carbocycles. The van der Waals surface area contributed by atoms with E-state index >= 15 is 0 Å². The maximum atomic E-state index is 8.95. The van der Waals surface area contributed by atoms with E-state index < -0.39 is 0 Å². The predicted molar refractivity (Wildman–Crippen MR) is 49.2 cm³/mol. The number of aliphatic hydroxyl groups excluding tert-OH is 1. The van der Waals surface area contributed by atoms with Crippen LogP contribution in [0.1, 0.15) is 19.5 Å². The summed E-state index contributed by atoms with van der Waals surface area (Å²) in [7, 11) is 0. The molecule has 1 aromatic heterocycles. The molecule has 1 heterocycles. The fourth-order valence-electron chi connectivity index (χ4n) is 1.26. The van der Waals surface area contributed by atoms with Gasteiger partial charge in [-0.25, -0.2) is 4.98 Å². The largest absolute Gasteiger partial charge is 0.390 e. The number of nitrogens with zero attached hydrogens (tertiary/aromatic N) is 2. The molecule has 0 bridgehead atoms. The minimum atomic E-state index is 0.0266. The standard InChI is InChI=1S/C9H16N2O2/c1-3-13-8(2)5-11-7-10-4-9(11)6-12/h4,7-8,12H,3,5-6H2,1-2H3. The van der Waals surface area contributed by atoms with Gasteiger partial charge >= 0.3 is 0 Å². The molecule has 0 saturated heterocycles. The number of ether oxygens (including phenoxy) is 1. The zero-order chi connectivity index (χ0) is 9.68. The summed E-state index contributed by atoms with van der Waals surface area (Å²) in [5.74, 6) is 0. The van der Waals surface area contributed by atoms with Crippen LogP contribution in [0.4, 0.5) is 0 Å². The van der Waals surface area contributed by atoms with Crippen molar-refractivity contribution < 1.29 is 9.84 Å².